The zero-order chi connectivity index (χ0) is 21.5. The van der Waals surface area contributed by atoms with Gasteiger partial charge in [0, 0.05) is 37.2 Å². The number of methoxy groups -OCH3 is 1. The summed E-state index contributed by atoms with van der Waals surface area (Å²) in [6, 6.07) is 10.6. The molecule has 1 aliphatic heterocycles. The fourth-order valence-electron chi connectivity index (χ4n) is 3.16. The van der Waals surface area contributed by atoms with Gasteiger partial charge in [0.2, 0.25) is 17.7 Å². The number of benzene rings is 2. The van der Waals surface area contributed by atoms with Crippen LogP contribution in [0, 0.1) is 0 Å². The van der Waals surface area contributed by atoms with Gasteiger partial charge in [-0.15, -0.1) is 0 Å². The highest BCUT2D eigenvalue weighted by Gasteiger charge is 2.15. The summed E-state index contributed by atoms with van der Waals surface area (Å²) in [4.78, 5) is 34.8. The predicted octanol–water partition coefficient (Wildman–Crippen LogP) is 3.34. The van der Waals surface area contributed by atoms with Crippen LogP contribution in [0.1, 0.15) is 31.7 Å². The van der Waals surface area contributed by atoms with Crippen molar-refractivity contribution < 1.29 is 23.9 Å². The lowest BCUT2D eigenvalue weighted by Crippen LogP contribution is -2.18. The van der Waals surface area contributed by atoms with Crippen LogP contribution in [0.25, 0.3) is 0 Å². The molecule has 0 spiro atoms. The topological polar surface area (TPSA) is 106 Å². The molecule has 8 nitrogen and oxygen atoms in total. The van der Waals surface area contributed by atoms with Crippen LogP contribution in [0.15, 0.2) is 36.4 Å². The second kappa shape index (κ2) is 9.78. The van der Waals surface area contributed by atoms with Crippen molar-refractivity contribution in [2.24, 2.45) is 0 Å². The van der Waals surface area contributed by atoms with Gasteiger partial charge in [0.05, 0.1) is 19.4 Å². The fraction of sp³-hybridized carbons (Fsp3) is 0.318. The molecule has 158 valence electrons. The van der Waals surface area contributed by atoms with Crippen LogP contribution in [0.4, 0.5) is 17.1 Å². The Labute approximate surface area is 174 Å². The molecular formula is C22H25N3O5. The van der Waals surface area contributed by atoms with E-state index in [2.05, 4.69) is 16.0 Å². The summed E-state index contributed by atoms with van der Waals surface area (Å²) >= 11 is 0. The van der Waals surface area contributed by atoms with Gasteiger partial charge in [0.25, 0.3) is 0 Å². The SMILES string of the molecule is COc1cc(NC(=O)CCCOc2ccc3c(c2)CCC(=O)N3)ccc1NC(C)=O. The first-order valence-electron chi connectivity index (χ1n) is 9.75. The van der Waals surface area contributed by atoms with Crippen molar-refractivity contribution in [2.75, 3.05) is 29.7 Å². The first-order valence-corrected chi connectivity index (χ1v) is 9.75. The molecule has 0 radical (unpaired) electrons. The Morgan fingerprint density at radius 3 is 2.70 bits per heavy atom. The van der Waals surface area contributed by atoms with E-state index in [1.165, 1.54) is 14.0 Å². The average molecular weight is 411 g/mol. The molecule has 0 aliphatic carbocycles. The molecule has 2 aromatic carbocycles. The van der Waals surface area contributed by atoms with Crippen LogP contribution in [-0.4, -0.2) is 31.4 Å². The van der Waals surface area contributed by atoms with Gasteiger partial charge in [0.15, 0.2) is 0 Å². The zero-order valence-corrected chi connectivity index (χ0v) is 17.0. The molecule has 3 rings (SSSR count). The Bertz CT molecular complexity index is 958. The summed E-state index contributed by atoms with van der Waals surface area (Å²) in [5, 5.41) is 8.32. The minimum atomic E-state index is -0.200. The highest BCUT2D eigenvalue weighted by atomic mass is 16.5. The second-order valence-corrected chi connectivity index (χ2v) is 6.96. The third kappa shape index (κ3) is 5.73. The summed E-state index contributed by atoms with van der Waals surface area (Å²) in [5.41, 5.74) is 3.02. The normalized spacial score (nSPS) is 12.4. The van der Waals surface area contributed by atoms with Crippen molar-refractivity contribution in [1.82, 2.24) is 0 Å². The number of amides is 3. The molecular weight excluding hydrogens is 386 g/mol. The Morgan fingerprint density at radius 2 is 1.93 bits per heavy atom. The van der Waals surface area contributed by atoms with E-state index in [4.69, 9.17) is 9.47 Å². The van der Waals surface area contributed by atoms with Crippen LogP contribution in [0.2, 0.25) is 0 Å². The van der Waals surface area contributed by atoms with Crippen LogP contribution < -0.4 is 25.4 Å². The number of aryl methyl sites for hydroxylation is 1. The lowest BCUT2D eigenvalue weighted by Gasteiger charge is -2.17. The Balaban J connectivity index is 1.45. The molecule has 1 heterocycles. The molecule has 0 aromatic heterocycles. The molecule has 0 unspecified atom stereocenters. The maximum absolute atomic E-state index is 12.2. The number of anilines is 3. The van der Waals surface area contributed by atoms with Crippen molar-refractivity contribution in [2.45, 2.75) is 32.6 Å². The first-order chi connectivity index (χ1) is 14.4. The summed E-state index contributed by atoms with van der Waals surface area (Å²) in [6.07, 6.45) is 2.04. The summed E-state index contributed by atoms with van der Waals surface area (Å²) in [5.74, 6) is 0.887. The molecule has 0 saturated heterocycles. The zero-order valence-electron chi connectivity index (χ0n) is 17.0. The van der Waals surface area contributed by atoms with Gasteiger partial charge in [0.1, 0.15) is 11.5 Å². The van der Waals surface area contributed by atoms with Crippen molar-refractivity contribution in [1.29, 1.82) is 0 Å². The maximum atomic E-state index is 12.2. The standard InChI is InChI=1S/C22H25N3O5/c1-14(26)23-19-8-6-16(13-20(19)29-2)24-21(27)4-3-11-30-17-7-9-18-15(12-17)5-10-22(28)25-18/h6-9,12-13H,3-5,10-11H2,1-2H3,(H,23,26)(H,24,27)(H,25,28). The molecule has 0 atom stereocenters. The van der Waals surface area contributed by atoms with Gasteiger partial charge in [-0.1, -0.05) is 0 Å². The predicted molar refractivity (Wildman–Crippen MR) is 114 cm³/mol. The average Bonchev–Trinajstić information content (AvgIpc) is 2.72. The number of carbonyl (C=O) groups excluding carboxylic acids is 3. The lowest BCUT2D eigenvalue weighted by atomic mass is 10.0. The van der Waals surface area contributed by atoms with Crippen molar-refractivity contribution in [3.05, 3.63) is 42.0 Å². The number of nitrogens with one attached hydrogen (secondary N) is 3. The number of carbonyl (C=O) groups is 3. The molecule has 0 saturated carbocycles. The minimum absolute atomic E-state index is 0.0320. The third-order valence-corrected chi connectivity index (χ3v) is 4.59. The summed E-state index contributed by atoms with van der Waals surface area (Å²) < 4.78 is 11.0. The highest BCUT2D eigenvalue weighted by molar-refractivity contribution is 5.94. The number of hydrogen-bond donors (Lipinski definition) is 3. The Hall–Kier alpha value is -3.55. The molecule has 3 N–H and O–H groups in total. The van der Waals surface area contributed by atoms with Crippen LogP contribution in [0.3, 0.4) is 0 Å². The van der Waals surface area contributed by atoms with Gasteiger partial charge in [-0.2, -0.15) is 0 Å². The van der Waals surface area contributed by atoms with Crippen molar-refractivity contribution in [3.8, 4) is 11.5 Å². The molecule has 0 bridgehead atoms. The molecule has 2 aromatic rings. The van der Waals surface area contributed by atoms with E-state index >= 15 is 0 Å². The highest BCUT2D eigenvalue weighted by Crippen LogP contribution is 2.28. The smallest absolute Gasteiger partial charge is 0.224 e. The molecule has 8 heteroatoms. The molecule has 0 fully saturated rings. The monoisotopic (exact) mass is 411 g/mol. The van der Waals surface area contributed by atoms with Crippen molar-refractivity contribution >= 4 is 34.8 Å². The van der Waals surface area contributed by atoms with Gasteiger partial charge in [-0.05, 0) is 48.7 Å². The minimum Gasteiger partial charge on any atom is -0.494 e. The number of rotatable bonds is 8. The molecule has 3 amide bonds. The van der Waals surface area contributed by atoms with Crippen LogP contribution >= 0.6 is 0 Å². The Morgan fingerprint density at radius 1 is 1.10 bits per heavy atom. The molecule has 30 heavy (non-hydrogen) atoms. The van der Waals surface area contributed by atoms with E-state index in [-0.39, 0.29) is 17.7 Å². The van der Waals surface area contributed by atoms with Gasteiger partial charge in [-0.3, -0.25) is 14.4 Å². The third-order valence-electron chi connectivity index (χ3n) is 4.59. The van der Waals surface area contributed by atoms with Gasteiger partial charge in [-0.25, -0.2) is 0 Å². The largest absolute Gasteiger partial charge is 0.494 e. The maximum Gasteiger partial charge on any atom is 0.224 e. The van der Waals surface area contributed by atoms with Gasteiger partial charge >= 0.3 is 0 Å². The van der Waals surface area contributed by atoms with E-state index in [9.17, 15) is 14.4 Å². The summed E-state index contributed by atoms with van der Waals surface area (Å²) in [6.45, 7) is 1.82. The first kappa shape index (κ1) is 21.2. The van der Waals surface area contributed by atoms with E-state index < -0.39 is 0 Å². The van der Waals surface area contributed by atoms with Crippen LogP contribution in [-0.2, 0) is 20.8 Å². The van der Waals surface area contributed by atoms with E-state index in [0.717, 1.165) is 17.0 Å². The number of hydrogen-bond acceptors (Lipinski definition) is 5. The van der Waals surface area contributed by atoms with Crippen molar-refractivity contribution in [3.63, 3.8) is 0 Å². The Kier molecular flexibility index (Phi) is 6.90. The van der Waals surface area contributed by atoms with E-state index in [1.807, 2.05) is 18.2 Å². The quantitative estimate of drug-likeness (QED) is 0.578. The second-order valence-electron chi connectivity index (χ2n) is 6.96. The summed E-state index contributed by atoms with van der Waals surface area (Å²) in [7, 11) is 1.50. The van der Waals surface area contributed by atoms with Gasteiger partial charge < -0.3 is 25.4 Å². The molecule has 1 aliphatic rings. The van der Waals surface area contributed by atoms with E-state index in [0.29, 0.717) is 49.4 Å². The number of fused-ring (bicyclic) bond motifs is 1. The number of ether oxygens (including phenoxy) is 2. The fourth-order valence-corrected chi connectivity index (χ4v) is 3.16. The van der Waals surface area contributed by atoms with E-state index in [1.54, 1.807) is 18.2 Å². The van der Waals surface area contributed by atoms with Crippen LogP contribution in [0.5, 0.6) is 11.5 Å². The lowest BCUT2D eigenvalue weighted by molar-refractivity contribution is -0.117.